The fraction of sp³-hybridized carbons (Fsp3) is 0.381. The van der Waals surface area contributed by atoms with E-state index in [0.29, 0.717) is 12.6 Å². The van der Waals surface area contributed by atoms with E-state index in [1.54, 1.807) is 0 Å². The summed E-state index contributed by atoms with van der Waals surface area (Å²) >= 11 is 0. The van der Waals surface area contributed by atoms with Crippen molar-refractivity contribution in [2.45, 2.75) is 32.2 Å². The zero-order valence-electron chi connectivity index (χ0n) is 15.4. The van der Waals surface area contributed by atoms with Crippen LogP contribution in [0.15, 0.2) is 60.7 Å². The molecular formula is C21H28ClNO2. The Hall–Kier alpha value is -1.84. The molecule has 4 heteroatoms. The molecular weight excluding hydrogens is 334 g/mol. The van der Waals surface area contributed by atoms with Gasteiger partial charge in [0.1, 0.15) is 12.0 Å². The van der Waals surface area contributed by atoms with Crippen molar-refractivity contribution < 1.29 is 9.53 Å². The van der Waals surface area contributed by atoms with E-state index in [1.165, 1.54) is 0 Å². The first kappa shape index (κ1) is 21.2. The van der Waals surface area contributed by atoms with Crippen molar-refractivity contribution in [3.8, 4) is 0 Å². The minimum atomic E-state index is -0.807. The third kappa shape index (κ3) is 5.07. The van der Waals surface area contributed by atoms with Crippen molar-refractivity contribution in [3.05, 3.63) is 71.8 Å². The van der Waals surface area contributed by atoms with Crippen LogP contribution in [0.4, 0.5) is 0 Å². The second kappa shape index (κ2) is 9.59. The third-order valence-corrected chi connectivity index (χ3v) is 4.67. The van der Waals surface area contributed by atoms with Gasteiger partial charge in [-0.2, -0.15) is 0 Å². The van der Waals surface area contributed by atoms with Crippen molar-refractivity contribution in [1.82, 2.24) is 4.90 Å². The van der Waals surface area contributed by atoms with E-state index >= 15 is 0 Å². The molecule has 0 N–H and O–H groups in total. The standard InChI is InChI=1S/C21H27NO2.ClH/c1-17(2)22(4)15-16-24-20(23)21(3,18-11-7-5-8-12-18)19-13-9-6-10-14-19;/h5-14,17H,15-16H2,1-4H3;1H. The number of hydrogen-bond acceptors (Lipinski definition) is 3. The first-order valence-electron chi connectivity index (χ1n) is 8.44. The van der Waals surface area contributed by atoms with Crippen molar-refractivity contribution in [3.63, 3.8) is 0 Å². The number of likely N-dealkylation sites (N-methyl/N-ethyl adjacent to an activating group) is 1. The number of rotatable bonds is 7. The van der Waals surface area contributed by atoms with E-state index in [9.17, 15) is 4.79 Å². The van der Waals surface area contributed by atoms with Gasteiger partial charge in [-0.1, -0.05) is 60.7 Å². The minimum Gasteiger partial charge on any atom is -0.463 e. The predicted octanol–water partition coefficient (Wildman–Crippen LogP) is 4.30. The number of carbonyl (C=O) groups is 1. The van der Waals surface area contributed by atoms with Crippen LogP contribution in [0.5, 0.6) is 0 Å². The van der Waals surface area contributed by atoms with E-state index in [2.05, 4.69) is 18.7 Å². The molecule has 0 radical (unpaired) electrons. The summed E-state index contributed by atoms with van der Waals surface area (Å²) in [5.74, 6) is -0.211. The van der Waals surface area contributed by atoms with Crippen LogP contribution < -0.4 is 0 Å². The quantitative estimate of drug-likeness (QED) is 0.689. The van der Waals surface area contributed by atoms with Gasteiger partial charge in [-0.25, -0.2) is 0 Å². The third-order valence-electron chi connectivity index (χ3n) is 4.67. The molecule has 0 unspecified atom stereocenters. The molecule has 0 heterocycles. The van der Waals surface area contributed by atoms with Crippen LogP contribution in [0.2, 0.25) is 0 Å². The molecule has 3 nitrogen and oxygen atoms in total. The highest BCUT2D eigenvalue weighted by molar-refractivity contribution is 5.87. The van der Waals surface area contributed by atoms with E-state index in [4.69, 9.17) is 4.74 Å². The second-order valence-corrected chi connectivity index (χ2v) is 6.57. The summed E-state index contributed by atoms with van der Waals surface area (Å²) in [6, 6.07) is 20.1. The molecule has 0 saturated carbocycles. The number of benzene rings is 2. The Morgan fingerprint density at radius 1 is 1.00 bits per heavy atom. The molecule has 0 aliphatic heterocycles. The number of carbonyl (C=O) groups excluding carboxylic acids is 1. The molecule has 0 saturated heterocycles. The van der Waals surface area contributed by atoms with E-state index in [0.717, 1.165) is 17.7 Å². The monoisotopic (exact) mass is 361 g/mol. The lowest BCUT2D eigenvalue weighted by Crippen LogP contribution is -2.38. The Morgan fingerprint density at radius 3 is 1.84 bits per heavy atom. The van der Waals surface area contributed by atoms with Gasteiger partial charge in [-0.05, 0) is 38.9 Å². The average molecular weight is 362 g/mol. The van der Waals surface area contributed by atoms with Crippen LogP contribution >= 0.6 is 12.4 Å². The van der Waals surface area contributed by atoms with Crippen molar-refractivity contribution in [2.75, 3.05) is 20.2 Å². The van der Waals surface area contributed by atoms with Crippen molar-refractivity contribution >= 4 is 18.4 Å². The van der Waals surface area contributed by atoms with Gasteiger partial charge in [0.15, 0.2) is 0 Å². The number of hydrogen-bond donors (Lipinski definition) is 0. The lowest BCUT2D eigenvalue weighted by Gasteiger charge is -2.29. The van der Waals surface area contributed by atoms with Crippen molar-refractivity contribution in [1.29, 1.82) is 0 Å². The summed E-state index contributed by atoms with van der Waals surface area (Å²) in [4.78, 5) is 15.1. The van der Waals surface area contributed by atoms with Gasteiger partial charge in [0.2, 0.25) is 0 Å². The smallest absolute Gasteiger partial charge is 0.320 e. The van der Waals surface area contributed by atoms with Crippen LogP contribution in [-0.4, -0.2) is 37.1 Å². The van der Waals surface area contributed by atoms with Crippen LogP contribution in [0.1, 0.15) is 31.9 Å². The Morgan fingerprint density at radius 2 is 1.44 bits per heavy atom. The molecule has 0 aliphatic carbocycles. The molecule has 0 aliphatic rings. The highest BCUT2D eigenvalue weighted by Crippen LogP contribution is 2.33. The van der Waals surface area contributed by atoms with Gasteiger partial charge in [0.05, 0.1) is 0 Å². The SMILES string of the molecule is CC(C)N(C)CCOC(=O)C(C)(c1ccccc1)c1ccccc1.Cl. The second-order valence-electron chi connectivity index (χ2n) is 6.57. The molecule has 2 aromatic carbocycles. The largest absolute Gasteiger partial charge is 0.463 e. The molecule has 2 rings (SSSR count). The number of nitrogens with zero attached hydrogens (tertiary/aromatic N) is 1. The van der Waals surface area contributed by atoms with Crippen LogP contribution in [0.25, 0.3) is 0 Å². The normalized spacial score (nSPS) is 11.3. The fourth-order valence-electron chi connectivity index (χ4n) is 2.63. The van der Waals surface area contributed by atoms with Gasteiger partial charge < -0.3 is 9.64 Å². The minimum absolute atomic E-state index is 0. The van der Waals surface area contributed by atoms with Crippen molar-refractivity contribution in [2.24, 2.45) is 0 Å². The van der Waals surface area contributed by atoms with Gasteiger partial charge in [0, 0.05) is 12.6 Å². The summed E-state index contributed by atoms with van der Waals surface area (Å²) in [6.45, 7) is 7.30. The summed E-state index contributed by atoms with van der Waals surface area (Å²) in [6.07, 6.45) is 0. The fourth-order valence-corrected chi connectivity index (χ4v) is 2.63. The number of ether oxygens (including phenoxy) is 1. The lowest BCUT2D eigenvalue weighted by molar-refractivity contribution is -0.148. The van der Waals surface area contributed by atoms with Crippen LogP contribution in [0.3, 0.4) is 0 Å². The maximum atomic E-state index is 13.0. The van der Waals surface area contributed by atoms with Gasteiger partial charge in [-0.3, -0.25) is 4.79 Å². The molecule has 0 aromatic heterocycles. The Balaban J connectivity index is 0.00000312. The molecule has 0 bridgehead atoms. The lowest BCUT2D eigenvalue weighted by atomic mass is 9.76. The van der Waals surface area contributed by atoms with E-state index in [1.807, 2.05) is 74.6 Å². The molecule has 2 aromatic rings. The topological polar surface area (TPSA) is 29.5 Å². The molecule has 0 fully saturated rings. The summed E-state index contributed by atoms with van der Waals surface area (Å²) < 4.78 is 5.66. The number of esters is 1. The summed E-state index contributed by atoms with van der Waals surface area (Å²) in [5.41, 5.74) is 1.08. The maximum Gasteiger partial charge on any atom is 0.320 e. The molecule has 136 valence electrons. The average Bonchev–Trinajstić information content (AvgIpc) is 2.62. The van der Waals surface area contributed by atoms with Gasteiger partial charge >= 0.3 is 5.97 Å². The van der Waals surface area contributed by atoms with Gasteiger partial charge in [0.25, 0.3) is 0 Å². The molecule has 0 atom stereocenters. The summed E-state index contributed by atoms with van der Waals surface area (Å²) in [5, 5.41) is 0. The van der Waals surface area contributed by atoms with E-state index in [-0.39, 0.29) is 18.4 Å². The van der Waals surface area contributed by atoms with Gasteiger partial charge in [-0.15, -0.1) is 12.4 Å². The Labute approximate surface area is 157 Å². The van der Waals surface area contributed by atoms with Crippen LogP contribution in [-0.2, 0) is 14.9 Å². The Kier molecular flexibility index (Phi) is 8.14. The first-order valence-corrected chi connectivity index (χ1v) is 8.44. The molecule has 0 spiro atoms. The molecule has 0 amide bonds. The van der Waals surface area contributed by atoms with E-state index < -0.39 is 5.41 Å². The summed E-state index contributed by atoms with van der Waals surface area (Å²) in [7, 11) is 2.03. The first-order chi connectivity index (χ1) is 11.5. The van der Waals surface area contributed by atoms with Crippen LogP contribution in [0, 0.1) is 0 Å². The Bertz CT molecular complexity index is 604. The molecule has 25 heavy (non-hydrogen) atoms. The maximum absolute atomic E-state index is 13.0. The zero-order chi connectivity index (χ0) is 17.6. The predicted molar refractivity (Wildman–Crippen MR) is 105 cm³/mol. The highest BCUT2D eigenvalue weighted by atomic mass is 35.5. The zero-order valence-corrected chi connectivity index (χ0v) is 16.3. The number of halogens is 1. The highest BCUT2D eigenvalue weighted by Gasteiger charge is 2.38.